The molecule has 0 saturated heterocycles. The maximum absolute atomic E-state index is 13.2. The molecule has 0 radical (unpaired) electrons. The van der Waals surface area contributed by atoms with Crippen molar-refractivity contribution in [1.29, 1.82) is 0 Å². The van der Waals surface area contributed by atoms with Gasteiger partial charge in [0.15, 0.2) is 0 Å². The molecule has 3 atom stereocenters. The maximum atomic E-state index is 13.2. The SMILES string of the molecule is [2H]c1c([2H])c([2H])c2c(c1[2H])CCN(C)C(=O)[C@@]2([2H])NC(=O)[C@]([2H])(C)NC(=O)[C@@]([2H])(O)C([2H])(C([2H])([2H])[2H])C([2H])([2H])[2H]. The number of amides is 3. The lowest BCUT2D eigenvalue weighted by molar-refractivity contribution is -0.137. The first kappa shape index (κ1) is 8.08. The van der Waals surface area contributed by atoms with Crippen LogP contribution in [0.15, 0.2) is 24.2 Å². The van der Waals surface area contributed by atoms with Gasteiger partial charge in [0.1, 0.15) is 18.1 Å². The van der Waals surface area contributed by atoms with Gasteiger partial charge in [-0.05, 0) is 30.4 Å². The smallest absolute Gasteiger partial charge is 0.249 e. The lowest BCUT2D eigenvalue weighted by atomic mass is 9.99. The third-order valence-electron chi connectivity index (χ3n) is 3.60. The summed E-state index contributed by atoms with van der Waals surface area (Å²) in [5.41, 5.74) is -0.806. The lowest BCUT2D eigenvalue weighted by Crippen LogP contribution is -2.51. The zero-order valence-corrected chi connectivity index (χ0v) is 14.0. The Morgan fingerprint density at radius 2 is 2.12 bits per heavy atom. The summed E-state index contributed by atoms with van der Waals surface area (Å²) in [6.07, 6.45) is -4.42. The Balaban J connectivity index is 2.58. The summed E-state index contributed by atoms with van der Waals surface area (Å²) in [4.78, 5) is 40.1. The van der Waals surface area contributed by atoms with Crippen molar-refractivity contribution in [1.82, 2.24) is 15.5 Å². The normalized spacial score (nSPS) is 33.8. The predicted octanol–water partition coefficient (Wildman–Crippen LogP) is 0.380. The van der Waals surface area contributed by atoms with Gasteiger partial charge in [0.25, 0.3) is 0 Å². The standard InChI is InChI=1S/C19H27N3O4/c1-11(2)16(23)18(25)20-12(3)17(24)21-15-14-8-6-5-7-13(14)9-10-22(4)19(15)26/h5-8,11-12,15-16,23H,9-10H2,1-4H3,(H,20,25)(H,21,24)/t12-,15-,16-/m0/s1/i1D3,2D3,5D,6D,7D,8D,11D,12D,15D,16D. The van der Waals surface area contributed by atoms with Crippen LogP contribution in [0.3, 0.4) is 0 Å². The molecule has 7 nitrogen and oxygen atoms in total. The van der Waals surface area contributed by atoms with Crippen LogP contribution >= 0.6 is 0 Å². The van der Waals surface area contributed by atoms with Gasteiger partial charge in [-0.2, -0.15) is 0 Å². The van der Waals surface area contributed by atoms with E-state index >= 15 is 0 Å². The summed E-state index contributed by atoms with van der Waals surface area (Å²) in [5.74, 6) is -9.28. The third kappa shape index (κ3) is 4.40. The molecule has 0 fully saturated rings. The van der Waals surface area contributed by atoms with Crippen molar-refractivity contribution in [3.63, 3.8) is 0 Å². The minimum Gasteiger partial charge on any atom is -0.383 e. The summed E-state index contributed by atoms with van der Waals surface area (Å²) in [6.45, 7) is -7.40. The molecular formula is C19H27N3O4. The van der Waals surface area contributed by atoms with E-state index < -0.39 is 85.2 Å². The molecule has 2 rings (SSSR count). The number of rotatable bonds is 5. The molecule has 1 aromatic rings. The van der Waals surface area contributed by atoms with Crippen LogP contribution in [-0.4, -0.2) is 53.4 Å². The van der Waals surface area contributed by atoms with E-state index in [0.717, 1.165) is 4.90 Å². The van der Waals surface area contributed by atoms with Crippen molar-refractivity contribution in [2.75, 3.05) is 13.6 Å². The largest absolute Gasteiger partial charge is 0.383 e. The quantitative estimate of drug-likeness (QED) is 0.693. The molecule has 0 saturated carbocycles. The number of nitrogens with one attached hydrogen (secondary N) is 2. The number of carbonyl (C=O) groups is 3. The summed E-state index contributed by atoms with van der Waals surface area (Å²) in [5, 5.41) is 13.7. The summed E-state index contributed by atoms with van der Waals surface area (Å²) < 4.78 is 109. The van der Waals surface area contributed by atoms with Crippen LogP contribution in [0.1, 0.15) is 57.0 Å². The number of fused-ring (bicyclic) bond motifs is 1. The highest BCUT2D eigenvalue weighted by Crippen LogP contribution is 2.24. The topological polar surface area (TPSA) is 98.7 Å². The number of benzene rings is 1. The molecule has 0 bridgehead atoms. The number of likely N-dealkylation sites (N-methyl/N-ethyl adjacent to an activating group) is 1. The molecule has 0 spiro atoms. The van der Waals surface area contributed by atoms with Gasteiger partial charge in [0.05, 0.1) is 9.60 Å². The van der Waals surface area contributed by atoms with Crippen LogP contribution in [0.4, 0.5) is 0 Å². The molecule has 1 aliphatic heterocycles. The van der Waals surface area contributed by atoms with Crippen LogP contribution in [-0.2, 0) is 20.8 Å². The molecule has 0 aliphatic carbocycles. The van der Waals surface area contributed by atoms with Crippen LogP contribution in [0.25, 0.3) is 0 Å². The van der Waals surface area contributed by atoms with Crippen molar-refractivity contribution in [3.8, 4) is 0 Å². The Kier molecular flexibility index (Phi) is 2.58. The predicted molar refractivity (Wildman–Crippen MR) is 97.1 cm³/mol. The molecule has 3 N–H and O–H groups in total. The van der Waals surface area contributed by atoms with Gasteiger partial charge in [-0.1, -0.05) is 37.9 Å². The maximum Gasteiger partial charge on any atom is 0.249 e. The van der Waals surface area contributed by atoms with E-state index in [0.29, 0.717) is 6.92 Å². The Morgan fingerprint density at radius 3 is 2.81 bits per heavy atom. The monoisotopic (exact) mass is 375 g/mol. The first-order chi connectivity index (χ1) is 17.7. The van der Waals surface area contributed by atoms with Crippen LogP contribution in [0.5, 0.6) is 0 Å². The summed E-state index contributed by atoms with van der Waals surface area (Å²) in [7, 11) is 1.22. The fourth-order valence-electron chi connectivity index (χ4n) is 2.14. The Labute approximate surface area is 173 Å². The second-order valence-corrected chi connectivity index (χ2v) is 5.46. The summed E-state index contributed by atoms with van der Waals surface area (Å²) in [6, 6.07) is -8.93. The van der Waals surface area contributed by atoms with Crippen LogP contribution in [0, 0.1) is 5.89 Å². The number of aliphatic hydroxyl groups is 1. The molecule has 0 aromatic heterocycles. The van der Waals surface area contributed by atoms with Gasteiger partial charge in [0.2, 0.25) is 17.7 Å². The highest BCUT2D eigenvalue weighted by molar-refractivity contribution is 5.93. The van der Waals surface area contributed by atoms with Crippen LogP contribution < -0.4 is 10.6 Å². The highest BCUT2D eigenvalue weighted by Gasteiger charge is 2.32. The Bertz CT molecular complexity index is 1230. The van der Waals surface area contributed by atoms with E-state index in [9.17, 15) is 19.5 Å². The fraction of sp³-hybridized carbons (Fsp3) is 0.526. The fourth-order valence-corrected chi connectivity index (χ4v) is 2.14. The zero-order valence-electron chi connectivity index (χ0n) is 28.0. The molecule has 1 aliphatic rings. The lowest BCUT2D eigenvalue weighted by Gasteiger charge is -2.24. The van der Waals surface area contributed by atoms with E-state index in [1.807, 2.05) is 5.32 Å². The minimum absolute atomic E-state index is 0.124. The van der Waals surface area contributed by atoms with Crippen molar-refractivity contribution >= 4 is 17.7 Å². The van der Waals surface area contributed by atoms with Gasteiger partial charge in [-0.25, -0.2) is 0 Å². The third-order valence-corrected chi connectivity index (χ3v) is 3.60. The number of hydrogen-bond acceptors (Lipinski definition) is 4. The van der Waals surface area contributed by atoms with Gasteiger partial charge < -0.3 is 20.6 Å². The van der Waals surface area contributed by atoms with Gasteiger partial charge in [0, 0.05) is 23.2 Å². The van der Waals surface area contributed by atoms with Crippen LogP contribution in [0.2, 0.25) is 0 Å². The van der Waals surface area contributed by atoms with E-state index in [2.05, 4.69) is 0 Å². The van der Waals surface area contributed by atoms with Gasteiger partial charge in [-0.15, -0.1) is 0 Å². The molecule has 1 heterocycles. The van der Waals surface area contributed by atoms with E-state index in [1.54, 1.807) is 0 Å². The summed E-state index contributed by atoms with van der Waals surface area (Å²) >= 11 is 0. The molecule has 1 aromatic carbocycles. The molecule has 7 heteroatoms. The first-order valence-electron chi connectivity index (χ1n) is 14.4. The molecule has 0 unspecified atom stereocenters. The van der Waals surface area contributed by atoms with Crippen molar-refractivity contribution in [3.05, 3.63) is 35.3 Å². The second kappa shape index (κ2) is 8.31. The zero-order chi connectivity index (χ0) is 31.6. The van der Waals surface area contributed by atoms with E-state index in [4.69, 9.17) is 19.2 Å². The average molecular weight is 376 g/mol. The Morgan fingerprint density at radius 1 is 1.42 bits per heavy atom. The van der Waals surface area contributed by atoms with Crippen molar-refractivity contribution < 1.29 is 38.7 Å². The molecule has 3 amide bonds. The highest BCUT2D eigenvalue weighted by atomic mass is 16.3. The van der Waals surface area contributed by atoms with Crippen molar-refractivity contribution in [2.24, 2.45) is 5.89 Å². The van der Waals surface area contributed by atoms with Crippen molar-refractivity contribution in [2.45, 2.75) is 45.2 Å². The molecular weight excluding hydrogens is 334 g/mol. The van der Waals surface area contributed by atoms with Gasteiger partial charge >= 0.3 is 0 Å². The Hall–Kier alpha value is -2.41. The number of nitrogens with zero attached hydrogens (tertiary/aromatic N) is 1. The molecule has 26 heavy (non-hydrogen) atoms. The minimum atomic E-state index is -4.28. The average Bonchev–Trinajstić information content (AvgIpc) is 2.89. The number of hydrogen-bond donors (Lipinski definition) is 3. The number of carbonyl (C=O) groups excluding carboxylic acids is 3. The van der Waals surface area contributed by atoms with E-state index in [1.165, 1.54) is 12.4 Å². The second-order valence-electron chi connectivity index (χ2n) is 5.46. The van der Waals surface area contributed by atoms with Gasteiger partial charge in [-0.3, -0.25) is 14.4 Å². The molecule has 142 valence electrons. The first-order valence-corrected chi connectivity index (χ1v) is 7.43. The van der Waals surface area contributed by atoms with E-state index in [-0.39, 0.29) is 18.5 Å².